The van der Waals surface area contributed by atoms with E-state index >= 15 is 0 Å². The number of halogens is 1. The van der Waals surface area contributed by atoms with Crippen molar-refractivity contribution in [2.24, 2.45) is 0 Å². The minimum Gasteiger partial charge on any atom is -0.497 e. The van der Waals surface area contributed by atoms with Gasteiger partial charge in [0.1, 0.15) is 10.9 Å². The van der Waals surface area contributed by atoms with Gasteiger partial charge in [0.05, 0.1) is 7.11 Å². The van der Waals surface area contributed by atoms with E-state index < -0.39 is 0 Å². The molecule has 6 nitrogen and oxygen atoms in total. The lowest BCUT2D eigenvalue weighted by atomic mass is 9.89. The molecular formula is C31H29ClN4O2. The van der Waals surface area contributed by atoms with Crippen LogP contribution in [0.5, 0.6) is 5.75 Å². The Morgan fingerprint density at radius 2 is 1.82 bits per heavy atom. The summed E-state index contributed by atoms with van der Waals surface area (Å²) in [6.07, 6.45) is 6.67. The highest BCUT2D eigenvalue weighted by Crippen LogP contribution is 2.35. The molecule has 192 valence electrons. The van der Waals surface area contributed by atoms with Crippen LogP contribution in [0.2, 0.25) is 5.15 Å². The first-order chi connectivity index (χ1) is 18.6. The van der Waals surface area contributed by atoms with Crippen LogP contribution in [0, 0.1) is 0 Å². The van der Waals surface area contributed by atoms with Gasteiger partial charge in [-0.15, -0.1) is 0 Å². The average Bonchev–Trinajstić information content (AvgIpc) is 3.31. The zero-order valence-corrected chi connectivity index (χ0v) is 21.9. The van der Waals surface area contributed by atoms with Crippen LogP contribution < -0.4 is 10.1 Å². The Morgan fingerprint density at radius 3 is 2.55 bits per heavy atom. The Bertz CT molecular complexity index is 1500. The fraction of sp³-hybridized carbons (Fsp3) is 0.194. The van der Waals surface area contributed by atoms with Crippen LogP contribution in [0.3, 0.4) is 0 Å². The fourth-order valence-electron chi connectivity index (χ4n) is 4.75. The van der Waals surface area contributed by atoms with Crippen LogP contribution in [0.1, 0.15) is 34.7 Å². The van der Waals surface area contributed by atoms with Gasteiger partial charge in [-0.25, -0.2) is 4.98 Å². The Morgan fingerprint density at radius 1 is 1.00 bits per heavy atom. The molecule has 0 fully saturated rings. The predicted octanol–water partition coefficient (Wildman–Crippen LogP) is 6.02. The number of nitrogens with one attached hydrogen (secondary N) is 1. The van der Waals surface area contributed by atoms with Crippen LogP contribution in [0.25, 0.3) is 10.9 Å². The lowest BCUT2D eigenvalue weighted by Gasteiger charge is -2.17. The molecule has 0 bridgehead atoms. The highest BCUT2D eigenvalue weighted by molar-refractivity contribution is 6.29. The van der Waals surface area contributed by atoms with E-state index in [1.165, 1.54) is 0 Å². The van der Waals surface area contributed by atoms with Crippen molar-refractivity contribution in [1.82, 2.24) is 19.9 Å². The molecule has 0 unspecified atom stereocenters. The van der Waals surface area contributed by atoms with Gasteiger partial charge in [-0.1, -0.05) is 54.1 Å². The first-order valence-electron chi connectivity index (χ1n) is 12.6. The third-order valence-electron chi connectivity index (χ3n) is 6.68. The molecule has 1 N–H and O–H groups in total. The van der Waals surface area contributed by atoms with Crippen molar-refractivity contribution in [3.63, 3.8) is 0 Å². The van der Waals surface area contributed by atoms with Crippen molar-refractivity contribution in [2.75, 3.05) is 13.7 Å². The van der Waals surface area contributed by atoms with E-state index in [4.69, 9.17) is 16.3 Å². The molecule has 1 amide bonds. The van der Waals surface area contributed by atoms with E-state index in [0.29, 0.717) is 31.1 Å². The number of fused-ring (bicyclic) bond motifs is 1. The number of hydrogen-bond donors (Lipinski definition) is 1. The smallest absolute Gasteiger partial charge is 0.220 e. The van der Waals surface area contributed by atoms with E-state index in [-0.39, 0.29) is 11.8 Å². The summed E-state index contributed by atoms with van der Waals surface area (Å²) in [6, 6.07) is 25.9. The van der Waals surface area contributed by atoms with Gasteiger partial charge in [-0.3, -0.25) is 9.78 Å². The normalized spacial score (nSPS) is 11.8. The van der Waals surface area contributed by atoms with E-state index in [0.717, 1.165) is 39.0 Å². The molecule has 5 aromatic rings. The molecule has 5 rings (SSSR count). The van der Waals surface area contributed by atoms with Crippen molar-refractivity contribution >= 4 is 28.4 Å². The van der Waals surface area contributed by atoms with Crippen molar-refractivity contribution in [2.45, 2.75) is 25.3 Å². The molecule has 7 heteroatoms. The molecule has 38 heavy (non-hydrogen) atoms. The number of ether oxygens (including phenoxy) is 1. The second-order valence-electron chi connectivity index (χ2n) is 9.17. The number of benzene rings is 2. The standard InChI is InChI=1S/C31H29ClN4O2/c1-38-25-12-9-22(10-13-25)20-36-21-28(26-7-2-3-8-29(26)36)27(23-11-14-30(32)35-19-23)18-31(37)34-17-15-24-6-4-5-16-33-24/h2-14,16,19,21,27H,15,17-18,20H2,1H3,(H,34,37)/t27-/m1/s1. The summed E-state index contributed by atoms with van der Waals surface area (Å²) in [6.45, 7) is 1.23. The van der Waals surface area contributed by atoms with E-state index in [1.807, 2.05) is 48.5 Å². The quantitative estimate of drug-likeness (QED) is 0.227. The van der Waals surface area contributed by atoms with Gasteiger partial charge in [-0.05, 0) is 53.1 Å². The van der Waals surface area contributed by atoms with Crippen LogP contribution in [0.15, 0.2) is 97.5 Å². The Labute approximate surface area is 227 Å². The molecule has 1 atom stereocenters. The maximum Gasteiger partial charge on any atom is 0.220 e. The molecule has 2 aromatic carbocycles. The van der Waals surface area contributed by atoms with Gasteiger partial charge in [0, 0.05) is 67.0 Å². The zero-order chi connectivity index (χ0) is 26.3. The molecule has 0 spiro atoms. The number of pyridine rings is 2. The third-order valence-corrected chi connectivity index (χ3v) is 6.90. The van der Waals surface area contributed by atoms with Gasteiger partial charge in [0.15, 0.2) is 0 Å². The van der Waals surface area contributed by atoms with Gasteiger partial charge in [0.25, 0.3) is 0 Å². The number of rotatable bonds is 10. The number of amides is 1. The first kappa shape index (κ1) is 25.5. The molecular weight excluding hydrogens is 496 g/mol. The summed E-state index contributed by atoms with van der Waals surface area (Å²) in [4.78, 5) is 21.8. The summed E-state index contributed by atoms with van der Waals surface area (Å²) in [5.74, 6) is 0.626. The number of nitrogens with zero attached hydrogens (tertiary/aromatic N) is 3. The number of hydrogen-bond acceptors (Lipinski definition) is 4. The molecule has 3 aromatic heterocycles. The lowest BCUT2D eigenvalue weighted by Crippen LogP contribution is -2.27. The van der Waals surface area contributed by atoms with Gasteiger partial charge < -0.3 is 14.6 Å². The van der Waals surface area contributed by atoms with Crippen LogP contribution in [-0.2, 0) is 17.8 Å². The van der Waals surface area contributed by atoms with Crippen molar-refractivity contribution in [1.29, 1.82) is 0 Å². The second kappa shape index (κ2) is 11.9. The number of aromatic nitrogens is 3. The number of carbonyl (C=O) groups is 1. The van der Waals surface area contributed by atoms with Gasteiger partial charge in [0.2, 0.25) is 5.91 Å². The van der Waals surface area contributed by atoms with Crippen molar-refractivity contribution in [3.8, 4) is 5.75 Å². The highest BCUT2D eigenvalue weighted by atomic mass is 35.5. The van der Waals surface area contributed by atoms with E-state index in [2.05, 4.69) is 50.3 Å². The van der Waals surface area contributed by atoms with E-state index in [9.17, 15) is 4.79 Å². The van der Waals surface area contributed by atoms with Gasteiger partial charge >= 0.3 is 0 Å². The minimum atomic E-state index is -0.184. The minimum absolute atomic E-state index is 0.0205. The zero-order valence-electron chi connectivity index (χ0n) is 21.2. The summed E-state index contributed by atoms with van der Waals surface area (Å²) in [7, 11) is 1.67. The molecule has 0 aliphatic carbocycles. The summed E-state index contributed by atoms with van der Waals surface area (Å²) in [5, 5.41) is 4.61. The largest absolute Gasteiger partial charge is 0.497 e. The second-order valence-corrected chi connectivity index (χ2v) is 9.56. The van der Waals surface area contributed by atoms with Crippen LogP contribution in [0.4, 0.5) is 0 Å². The number of methoxy groups -OCH3 is 1. The maximum atomic E-state index is 13.2. The van der Waals surface area contributed by atoms with Crippen LogP contribution >= 0.6 is 11.6 Å². The summed E-state index contributed by atoms with van der Waals surface area (Å²) >= 11 is 6.10. The molecule has 0 radical (unpaired) electrons. The Kier molecular flexibility index (Phi) is 8.00. The molecule has 0 saturated heterocycles. The summed E-state index contributed by atoms with van der Waals surface area (Å²) in [5.41, 5.74) is 5.25. The topological polar surface area (TPSA) is 69.0 Å². The Balaban J connectivity index is 1.43. The highest BCUT2D eigenvalue weighted by Gasteiger charge is 2.23. The van der Waals surface area contributed by atoms with Crippen molar-refractivity contribution < 1.29 is 9.53 Å². The average molecular weight is 525 g/mol. The van der Waals surface area contributed by atoms with E-state index in [1.54, 1.807) is 25.6 Å². The third kappa shape index (κ3) is 6.03. The predicted molar refractivity (Wildman–Crippen MR) is 151 cm³/mol. The first-order valence-corrected chi connectivity index (χ1v) is 13.0. The summed E-state index contributed by atoms with van der Waals surface area (Å²) < 4.78 is 7.55. The lowest BCUT2D eigenvalue weighted by molar-refractivity contribution is -0.121. The van der Waals surface area contributed by atoms with Crippen molar-refractivity contribution in [3.05, 3.63) is 125 Å². The molecule has 0 saturated carbocycles. The number of carbonyl (C=O) groups excluding carboxylic acids is 1. The maximum absolute atomic E-state index is 13.2. The number of para-hydroxylation sites is 1. The fourth-order valence-corrected chi connectivity index (χ4v) is 4.86. The van der Waals surface area contributed by atoms with Crippen LogP contribution in [-0.4, -0.2) is 34.1 Å². The molecule has 0 aliphatic heterocycles. The molecule has 0 aliphatic rings. The molecule has 3 heterocycles. The SMILES string of the molecule is COc1ccc(Cn2cc([C@H](CC(=O)NCCc3ccccn3)c3ccc(Cl)nc3)c3ccccc32)cc1. The monoisotopic (exact) mass is 524 g/mol. The Hall–Kier alpha value is -4.16. The van der Waals surface area contributed by atoms with Gasteiger partial charge in [-0.2, -0.15) is 0 Å².